The van der Waals surface area contributed by atoms with Gasteiger partial charge in [0.2, 0.25) is 5.88 Å². The van der Waals surface area contributed by atoms with Crippen LogP contribution in [0.3, 0.4) is 0 Å². The molecule has 27 heteroatoms. The maximum absolute atomic E-state index is 12.6. The van der Waals surface area contributed by atoms with Gasteiger partial charge in [-0.3, -0.25) is 27.8 Å². The van der Waals surface area contributed by atoms with Gasteiger partial charge in [0.15, 0.2) is 5.75 Å². The van der Waals surface area contributed by atoms with Gasteiger partial charge in [-0.15, -0.1) is 25.6 Å². The van der Waals surface area contributed by atoms with Gasteiger partial charge in [-0.25, -0.2) is 0 Å². The number of aromatic nitrogens is 1. The minimum absolute atomic E-state index is 0.0838. The Morgan fingerprint density at radius 2 is 1.27 bits per heavy atom. The largest absolute Gasteiger partial charge is 0.507 e. The summed E-state index contributed by atoms with van der Waals surface area (Å²) >= 11 is 0. The third-order valence-electron chi connectivity index (χ3n) is 8.39. The second-order valence-electron chi connectivity index (χ2n) is 12.1. The first kappa shape index (κ1) is 44.2. The number of methoxy groups -OCH3 is 2. The fraction of sp³-hybridized carbons (Fsp3) is 0.152. The van der Waals surface area contributed by atoms with Crippen molar-refractivity contribution in [2.45, 2.75) is 35.1 Å². The van der Waals surface area contributed by atoms with Crippen molar-refractivity contribution in [3.8, 4) is 28.9 Å². The highest BCUT2D eigenvalue weighted by molar-refractivity contribution is 7.86. The molecule has 4 aromatic carbocycles. The van der Waals surface area contributed by atoms with E-state index in [1.807, 2.05) is 0 Å². The van der Waals surface area contributed by atoms with Crippen LogP contribution in [0.1, 0.15) is 22.8 Å². The number of carbonyl (C=O) groups excluding carboxylic acids is 1. The highest BCUT2D eigenvalue weighted by Gasteiger charge is 2.26. The van der Waals surface area contributed by atoms with Gasteiger partial charge in [-0.2, -0.15) is 30.4 Å². The molecule has 0 aliphatic rings. The molecule has 0 unspecified atom stereocenters. The summed E-state index contributed by atoms with van der Waals surface area (Å²) < 4.78 is 113. The van der Waals surface area contributed by atoms with Gasteiger partial charge in [0.1, 0.15) is 61.0 Å². The van der Waals surface area contributed by atoms with Gasteiger partial charge < -0.3 is 30.5 Å². The van der Waals surface area contributed by atoms with Crippen molar-refractivity contribution in [2.24, 2.45) is 36.4 Å². The molecule has 0 radical (unpaired) electrons. The first-order chi connectivity index (χ1) is 27.9. The van der Waals surface area contributed by atoms with Crippen molar-refractivity contribution in [3.05, 3.63) is 70.0 Å². The van der Waals surface area contributed by atoms with Crippen LogP contribution in [0, 0.1) is 6.92 Å². The van der Waals surface area contributed by atoms with E-state index in [4.69, 9.17) is 15.2 Å². The molecule has 316 valence electrons. The molecule has 60 heavy (non-hydrogen) atoms. The van der Waals surface area contributed by atoms with Gasteiger partial charge in [0.05, 0.1) is 30.2 Å². The number of azo groups is 3. The molecule has 1 amide bonds. The summed E-state index contributed by atoms with van der Waals surface area (Å²) in [6.07, 6.45) is 0. The van der Waals surface area contributed by atoms with E-state index in [0.29, 0.717) is 12.1 Å². The second kappa shape index (κ2) is 16.4. The third kappa shape index (κ3) is 8.74. The standard InChI is InChI=1S/C33H30N8O16S3/c1-5-41-32(45)26(31(34)44)14(2)28(33(41)46)39-36-18-7-6-16(10-24(18)59(50,51)52)35-37-19-12-23(57-4)20(13-22(19)56-3)38-40-29-25(60(53,54)55)9-15-8-17(58(47,48)49)11-21(42)27(15)30(29)43/h6-13,42-43,46H,5H2,1-4H3,(H2,34,44)(H,47,48,49)(H,50,51,52)(H,53,54,55). The number of ether oxygens (including phenoxy) is 2. The first-order valence-electron chi connectivity index (χ1n) is 16.3. The summed E-state index contributed by atoms with van der Waals surface area (Å²) in [5.41, 5.74) is 1.58. The Labute approximate surface area is 337 Å². The number of rotatable bonds is 13. The number of aromatic hydroxyl groups is 3. The van der Waals surface area contributed by atoms with Gasteiger partial charge in [0.25, 0.3) is 41.8 Å². The fourth-order valence-electron chi connectivity index (χ4n) is 5.58. The molecule has 0 saturated carbocycles. The molecule has 0 saturated heterocycles. The second-order valence-corrected chi connectivity index (χ2v) is 16.3. The maximum Gasteiger partial charge on any atom is 0.296 e. The minimum Gasteiger partial charge on any atom is -0.507 e. The smallest absolute Gasteiger partial charge is 0.296 e. The van der Waals surface area contributed by atoms with Crippen LogP contribution in [0.5, 0.6) is 28.9 Å². The monoisotopic (exact) mass is 890 g/mol. The van der Waals surface area contributed by atoms with E-state index in [2.05, 4.69) is 30.7 Å². The number of primary amides is 1. The van der Waals surface area contributed by atoms with E-state index < -0.39 is 102 Å². The van der Waals surface area contributed by atoms with E-state index in [1.165, 1.54) is 40.2 Å². The van der Waals surface area contributed by atoms with E-state index in [9.17, 15) is 63.8 Å². The normalized spacial score (nSPS) is 12.6. The summed E-state index contributed by atoms with van der Waals surface area (Å²) in [6, 6.07) is 7.45. The number of phenols is 2. The maximum atomic E-state index is 12.6. The van der Waals surface area contributed by atoms with E-state index in [0.717, 1.165) is 28.8 Å². The zero-order valence-corrected chi connectivity index (χ0v) is 33.5. The van der Waals surface area contributed by atoms with Crippen LogP contribution in [-0.2, 0) is 36.9 Å². The van der Waals surface area contributed by atoms with E-state index >= 15 is 0 Å². The molecule has 0 aliphatic carbocycles. The molecule has 8 N–H and O–H groups in total. The van der Waals surface area contributed by atoms with Crippen molar-refractivity contribution in [3.63, 3.8) is 0 Å². The molecular weight excluding hydrogens is 861 g/mol. The molecule has 1 aromatic heterocycles. The predicted molar refractivity (Wildman–Crippen MR) is 207 cm³/mol. The Balaban J connectivity index is 1.55. The van der Waals surface area contributed by atoms with Crippen LogP contribution in [0.2, 0.25) is 0 Å². The number of amides is 1. The number of carbonyl (C=O) groups is 1. The van der Waals surface area contributed by atoms with Crippen LogP contribution in [0.4, 0.5) is 34.1 Å². The van der Waals surface area contributed by atoms with E-state index in [1.54, 1.807) is 0 Å². The highest BCUT2D eigenvalue weighted by atomic mass is 32.2. The number of pyridine rings is 1. The third-order valence-corrected chi connectivity index (χ3v) is 11.0. The van der Waals surface area contributed by atoms with Gasteiger partial charge in [-0.1, -0.05) is 0 Å². The number of benzene rings is 4. The number of fused-ring (bicyclic) bond motifs is 1. The summed E-state index contributed by atoms with van der Waals surface area (Å²) in [5.74, 6) is -4.02. The van der Waals surface area contributed by atoms with Gasteiger partial charge in [-0.05, 0) is 49.6 Å². The molecule has 0 fully saturated rings. The van der Waals surface area contributed by atoms with Crippen molar-refractivity contribution in [2.75, 3.05) is 14.2 Å². The summed E-state index contributed by atoms with van der Waals surface area (Å²) in [5, 5.41) is 54.4. The van der Waals surface area contributed by atoms with Crippen molar-refractivity contribution in [1.82, 2.24) is 4.57 Å². The number of nitrogens with zero attached hydrogens (tertiary/aromatic N) is 7. The van der Waals surface area contributed by atoms with E-state index in [-0.39, 0.29) is 46.4 Å². The highest BCUT2D eigenvalue weighted by Crippen LogP contribution is 2.47. The molecule has 5 aromatic rings. The van der Waals surface area contributed by atoms with Gasteiger partial charge in [0, 0.05) is 30.3 Å². The van der Waals surface area contributed by atoms with Crippen LogP contribution >= 0.6 is 0 Å². The molecule has 0 spiro atoms. The SMILES string of the molecule is CCn1c(O)c(N=Nc2ccc(N=Nc3cc(OC)c(N=Nc4c(S(=O)(=O)O)cc5cc(S(=O)(=O)O)cc(O)c5c4O)cc3OC)cc2S(=O)(=O)O)c(C)c(C(N)=O)c1=O. The average Bonchev–Trinajstić information content (AvgIpc) is 3.15. The summed E-state index contributed by atoms with van der Waals surface area (Å²) in [7, 11) is -12.8. The number of nitrogens with two attached hydrogens (primary N) is 1. The molecule has 0 bridgehead atoms. The Kier molecular flexibility index (Phi) is 12.1. The van der Waals surface area contributed by atoms with Crippen LogP contribution < -0.4 is 20.8 Å². The molecule has 0 aliphatic heterocycles. The van der Waals surface area contributed by atoms with Crippen molar-refractivity contribution in [1.29, 1.82) is 0 Å². The number of hydrogen-bond donors (Lipinski definition) is 7. The lowest BCUT2D eigenvalue weighted by Gasteiger charge is -2.12. The lowest BCUT2D eigenvalue weighted by Crippen LogP contribution is -2.30. The van der Waals surface area contributed by atoms with Crippen LogP contribution in [0.15, 0.2) is 98.7 Å². The summed E-state index contributed by atoms with van der Waals surface area (Å²) in [4.78, 5) is 21.8. The zero-order valence-electron chi connectivity index (χ0n) is 31.0. The molecule has 1 heterocycles. The molecular formula is C33H30N8O16S3. The lowest BCUT2D eigenvalue weighted by molar-refractivity contribution is 0.0997. The minimum atomic E-state index is -5.22. The summed E-state index contributed by atoms with van der Waals surface area (Å²) in [6.45, 7) is 2.66. The number of phenolic OH excluding ortho intramolecular Hbond substituents is 2. The van der Waals surface area contributed by atoms with Crippen molar-refractivity contribution < 1.29 is 68.5 Å². The Morgan fingerprint density at radius 1 is 0.717 bits per heavy atom. The fourth-order valence-corrected chi connectivity index (χ4v) is 7.42. The quantitative estimate of drug-likeness (QED) is 0.0562. The Morgan fingerprint density at radius 3 is 1.78 bits per heavy atom. The van der Waals surface area contributed by atoms with Crippen LogP contribution in [0.25, 0.3) is 10.8 Å². The molecule has 24 nitrogen and oxygen atoms in total. The van der Waals surface area contributed by atoms with Gasteiger partial charge >= 0.3 is 0 Å². The number of hydrogen-bond acceptors (Lipinski definition) is 19. The lowest BCUT2D eigenvalue weighted by atomic mass is 10.1. The molecule has 5 rings (SSSR count). The molecule has 0 atom stereocenters. The topological polar surface area (TPSA) is 382 Å². The Bertz CT molecular complexity index is 3130. The van der Waals surface area contributed by atoms with Crippen molar-refractivity contribution >= 4 is 81.2 Å². The first-order valence-corrected chi connectivity index (χ1v) is 20.6. The predicted octanol–water partition coefficient (Wildman–Crippen LogP) is 5.55. The van der Waals surface area contributed by atoms with Crippen LogP contribution in [-0.4, -0.2) is 78.9 Å². The average molecular weight is 891 g/mol. The zero-order chi connectivity index (χ0) is 44.6. The Hall–Kier alpha value is -6.91.